The summed E-state index contributed by atoms with van der Waals surface area (Å²) < 4.78 is 34.8. The molecule has 3 aromatic rings. The van der Waals surface area contributed by atoms with Crippen LogP contribution in [0.1, 0.15) is 28.9 Å². The minimum atomic E-state index is -3.78. The molecule has 9 heteroatoms. The van der Waals surface area contributed by atoms with Crippen LogP contribution in [-0.4, -0.2) is 28.3 Å². The third-order valence-corrected chi connectivity index (χ3v) is 5.10. The van der Waals surface area contributed by atoms with Gasteiger partial charge in [0.1, 0.15) is 6.04 Å². The molecule has 1 aromatic carbocycles. The summed E-state index contributed by atoms with van der Waals surface area (Å²) in [4.78, 5) is 4.36. The molecular weight excluding hydrogens is 330 g/mol. The fourth-order valence-electron chi connectivity index (χ4n) is 2.37. The Morgan fingerprint density at radius 2 is 2.00 bits per heavy atom. The number of aromatic nitrogens is 4. The Labute approximate surface area is 139 Å². The first-order chi connectivity index (χ1) is 11.4. The smallest absolute Gasteiger partial charge is 0.241 e. The Bertz CT molecular complexity index is 921. The summed E-state index contributed by atoms with van der Waals surface area (Å²) in [5, 5.41) is 7.94. The molecule has 2 heterocycles. The van der Waals surface area contributed by atoms with E-state index in [9.17, 15) is 8.42 Å². The maximum absolute atomic E-state index is 12.8. The minimum absolute atomic E-state index is 0.208. The van der Waals surface area contributed by atoms with Gasteiger partial charge in [-0.2, -0.15) is 14.8 Å². The highest BCUT2D eigenvalue weighted by Gasteiger charge is 2.28. The van der Waals surface area contributed by atoms with Gasteiger partial charge in [-0.15, -0.1) is 0 Å². The van der Waals surface area contributed by atoms with E-state index in [0.717, 1.165) is 0 Å². The molecule has 0 aliphatic heterocycles. The van der Waals surface area contributed by atoms with E-state index in [1.165, 1.54) is 0 Å². The molecule has 0 bridgehead atoms. The number of aryl methyl sites for hydroxylation is 3. The fraction of sp³-hybridized carbons (Fsp3) is 0.267. The molecule has 0 amide bonds. The summed E-state index contributed by atoms with van der Waals surface area (Å²) in [6, 6.07) is 5.97. The summed E-state index contributed by atoms with van der Waals surface area (Å²) >= 11 is 0. The molecule has 3 rings (SSSR count). The molecule has 1 unspecified atom stereocenters. The highest BCUT2D eigenvalue weighted by molar-refractivity contribution is 7.89. The van der Waals surface area contributed by atoms with Crippen molar-refractivity contribution in [3.8, 4) is 0 Å². The van der Waals surface area contributed by atoms with E-state index < -0.39 is 16.1 Å². The SMILES string of the molecule is Cc1nc(C(NS(=O)(=O)c2ccccc2C)c2cnn(C)c2)no1. The van der Waals surface area contributed by atoms with Crippen molar-refractivity contribution in [1.29, 1.82) is 0 Å². The second-order valence-corrected chi connectivity index (χ2v) is 7.12. The summed E-state index contributed by atoms with van der Waals surface area (Å²) in [7, 11) is -2.03. The van der Waals surface area contributed by atoms with Crippen LogP contribution < -0.4 is 4.72 Å². The van der Waals surface area contributed by atoms with Gasteiger partial charge < -0.3 is 4.52 Å². The summed E-state index contributed by atoms with van der Waals surface area (Å²) in [5.41, 5.74) is 1.27. The zero-order valence-corrected chi connectivity index (χ0v) is 14.3. The maximum Gasteiger partial charge on any atom is 0.241 e. The normalized spacial score (nSPS) is 13.1. The zero-order chi connectivity index (χ0) is 17.3. The van der Waals surface area contributed by atoms with E-state index in [2.05, 4.69) is 20.0 Å². The number of sulfonamides is 1. The Morgan fingerprint density at radius 1 is 1.25 bits per heavy atom. The van der Waals surface area contributed by atoms with Crippen LogP contribution in [0.3, 0.4) is 0 Å². The van der Waals surface area contributed by atoms with Gasteiger partial charge >= 0.3 is 0 Å². The lowest BCUT2D eigenvalue weighted by atomic mass is 10.2. The topological polar surface area (TPSA) is 103 Å². The van der Waals surface area contributed by atoms with Crippen molar-refractivity contribution in [2.45, 2.75) is 24.8 Å². The highest BCUT2D eigenvalue weighted by Crippen LogP contribution is 2.23. The van der Waals surface area contributed by atoms with Crippen molar-refractivity contribution in [2.24, 2.45) is 7.05 Å². The molecular formula is C15H17N5O3S. The van der Waals surface area contributed by atoms with Crippen LogP contribution in [0.5, 0.6) is 0 Å². The van der Waals surface area contributed by atoms with Gasteiger partial charge in [-0.3, -0.25) is 4.68 Å². The summed E-state index contributed by atoms with van der Waals surface area (Å²) in [5.74, 6) is 0.589. The third-order valence-electron chi connectivity index (χ3n) is 3.52. The molecule has 24 heavy (non-hydrogen) atoms. The van der Waals surface area contributed by atoms with E-state index in [0.29, 0.717) is 17.0 Å². The standard InChI is InChI=1S/C15H17N5O3S/c1-10-6-4-5-7-13(10)24(21,22)19-14(12-8-16-20(3)9-12)15-17-11(2)23-18-15/h4-9,14,19H,1-3H3. The molecule has 0 radical (unpaired) electrons. The molecule has 2 aromatic heterocycles. The van der Waals surface area contributed by atoms with E-state index in [1.54, 1.807) is 62.2 Å². The van der Waals surface area contributed by atoms with Crippen LogP contribution >= 0.6 is 0 Å². The quantitative estimate of drug-likeness (QED) is 0.750. The van der Waals surface area contributed by atoms with Crippen molar-refractivity contribution in [1.82, 2.24) is 24.6 Å². The van der Waals surface area contributed by atoms with Gasteiger partial charge in [0.25, 0.3) is 0 Å². The molecule has 0 spiro atoms. The number of rotatable bonds is 5. The second-order valence-electron chi connectivity index (χ2n) is 5.44. The molecule has 1 N–H and O–H groups in total. The average molecular weight is 347 g/mol. The maximum atomic E-state index is 12.8. The second kappa shape index (κ2) is 6.17. The van der Waals surface area contributed by atoms with Crippen molar-refractivity contribution in [3.05, 3.63) is 59.5 Å². The monoisotopic (exact) mass is 347 g/mol. The van der Waals surface area contributed by atoms with Crippen LogP contribution in [0.4, 0.5) is 0 Å². The van der Waals surface area contributed by atoms with Crippen LogP contribution in [0.25, 0.3) is 0 Å². The lowest BCUT2D eigenvalue weighted by molar-refractivity contribution is 0.384. The Morgan fingerprint density at radius 3 is 2.58 bits per heavy atom. The summed E-state index contributed by atoms with van der Waals surface area (Å²) in [6.07, 6.45) is 3.27. The van der Waals surface area contributed by atoms with Crippen LogP contribution in [-0.2, 0) is 17.1 Å². The van der Waals surface area contributed by atoms with E-state index >= 15 is 0 Å². The molecule has 0 saturated heterocycles. The van der Waals surface area contributed by atoms with Crippen LogP contribution in [0, 0.1) is 13.8 Å². The van der Waals surface area contributed by atoms with Gasteiger partial charge in [-0.25, -0.2) is 8.42 Å². The number of hydrogen-bond acceptors (Lipinski definition) is 6. The van der Waals surface area contributed by atoms with Crippen molar-refractivity contribution in [2.75, 3.05) is 0 Å². The molecule has 0 fully saturated rings. The van der Waals surface area contributed by atoms with Gasteiger partial charge in [0.15, 0.2) is 5.82 Å². The van der Waals surface area contributed by atoms with Gasteiger partial charge in [-0.1, -0.05) is 23.4 Å². The van der Waals surface area contributed by atoms with E-state index in [1.807, 2.05) is 0 Å². The van der Waals surface area contributed by atoms with E-state index in [-0.39, 0.29) is 10.7 Å². The molecule has 1 atom stereocenters. The van der Waals surface area contributed by atoms with Crippen LogP contribution in [0.15, 0.2) is 46.1 Å². The first-order valence-corrected chi connectivity index (χ1v) is 8.72. The van der Waals surface area contributed by atoms with Crippen molar-refractivity contribution in [3.63, 3.8) is 0 Å². The van der Waals surface area contributed by atoms with Gasteiger partial charge in [0.2, 0.25) is 15.9 Å². The van der Waals surface area contributed by atoms with Crippen molar-refractivity contribution < 1.29 is 12.9 Å². The first kappa shape index (κ1) is 16.3. The lowest BCUT2D eigenvalue weighted by Crippen LogP contribution is -2.30. The predicted octanol–water partition coefficient (Wildman–Crippen LogP) is 1.49. The summed E-state index contributed by atoms with van der Waals surface area (Å²) in [6.45, 7) is 3.39. The lowest BCUT2D eigenvalue weighted by Gasteiger charge is -2.15. The molecule has 8 nitrogen and oxygen atoms in total. The largest absolute Gasteiger partial charge is 0.340 e. The Hall–Kier alpha value is -2.52. The van der Waals surface area contributed by atoms with Crippen molar-refractivity contribution >= 4 is 10.0 Å². The molecule has 0 aliphatic rings. The first-order valence-electron chi connectivity index (χ1n) is 7.23. The highest BCUT2D eigenvalue weighted by atomic mass is 32.2. The number of nitrogens with one attached hydrogen (secondary N) is 1. The average Bonchev–Trinajstić information content (AvgIpc) is 3.14. The molecule has 0 saturated carbocycles. The van der Waals surface area contributed by atoms with E-state index in [4.69, 9.17) is 4.52 Å². The Kier molecular flexibility index (Phi) is 4.20. The number of benzene rings is 1. The Balaban J connectivity index is 2.02. The third kappa shape index (κ3) is 3.22. The molecule has 126 valence electrons. The van der Waals surface area contributed by atoms with Gasteiger partial charge in [0, 0.05) is 25.7 Å². The fourth-order valence-corrected chi connectivity index (χ4v) is 3.80. The number of hydrogen-bond donors (Lipinski definition) is 1. The number of nitrogens with zero attached hydrogens (tertiary/aromatic N) is 4. The minimum Gasteiger partial charge on any atom is -0.340 e. The molecule has 0 aliphatic carbocycles. The zero-order valence-electron chi connectivity index (χ0n) is 13.5. The van der Waals surface area contributed by atoms with Gasteiger partial charge in [0.05, 0.1) is 11.1 Å². The van der Waals surface area contributed by atoms with Gasteiger partial charge in [-0.05, 0) is 18.6 Å². The van der Waals surface area contributed by atoms with Crippen LogP contribution in [0.2, 0.25) is 0 Å². The predicted molar refractivity (Wildman–Crippen MR) is 85.6 cm³/mol.